The van der Waals surface area contributed by atoms with Gasteiger partial charge in [-0.05, 0) is 32.4 Å². The van der Waals surface area contributed by atoms with Crippen LogP contribution in [0.5, 0.6) is 0 Å². The van der Waals surface area contributed by atoms with Crippen molar-refractivity contribution in [1.29, 1.82) is 0 Å². The van der Waals surface area contributed by atoms with Crippen molar-refractivity contribution in [3.8, 4) is 0 Å². The molecule has 20 heavy (non-hydrogen) atoms. The lowest BCUT2D eigenvalue weighted by atomic mass is 10.2. The Morgan fingerprint density at radius 3 is 2.90 bits per heavy atom. The predicted molar refractivity (Wildman–Crippen MR) is 82.8 cm³/mol. The van der Waals surface area contributed by atoms with E-state index in [1.165, 1.54) is 10.9 Å². The van der Waals surface area contributed by atoms with Gasteiger partial charge in [-0.15, -0.1) is 0 Å². The molecule has 1 aromatic carbocycles. The lowest BCUT2D eigenvalue weighted by Gasteiger charge is -2.03. The average Bonchev–Trinajstić information content (AvgIpc) is 2.83. The third kappa shape index (κ3) is 3.81. The van der Waals surface area contributed by atoms with E-state index in [2.05, 4.69) is 41.2 Å². The summed E-state index contributed by atoms with van der Waals surface area (Å²) in [6, 6.07) is 8.46. The smallest absolute Gasteiger partial charge is 0.0841 e. The molecule has 1 N–H and O–H groups in total. The molecule has 0 radical (unpaired) electrons. The number of hydrogen-bond acceptors (Lipinski definition) is 3. The normalized spacial score (nSPS) is 11.3. The molecule has 0 amide bonds. The third-order valence-corrected chi connectivity index (χ3v) is 3.32. The van der Waals surface area contributed by atoms with Crippen LogP contribution in [0.25, 0.3) is 10.9 Å². The Kier molecular flexibility index (Phi) is 6.02. The molecule has 0 bridgehead atoms. The topological polar surface area (TPSA) is 39.1 Å². The van der Waals surface area contributed by atoms with Crippen LogP contribution in [0.3, 0.4) is 0 Å². The Labute approximate surface area is 121 Å². The number of hydrogen-bond donors (Lipinski definition) is 1. The molecule has 0 saturated carbocycles. The van der Waals surface area contributed by atoms with E-state index in [4.69, 9.17) is 9.84 Å². The predicted octanol–water partition coefficient (Wildman–Crippen LogP) is 2.96. The molecule has 2 aromatic rings. The SMILES string of the molecule is CCCNCc1nn(CCCOCC)c2ccccc12. The highest BCUT2D eigenvalue weighted by Crippen LogP contribution is 2.18. The van der Waals surface area contributed by atoms with Crippen molar-refractivity contribution >= 4 is 10.9 Å². The number of aromatic nitrogens is 2. The molecule has 0 spiro atoms. The molecule has 0 aliphatic rings. The summed E-state index contributed by atoms with van der Waals surface area (Å²) in [6.45, 7) is 8.57. The maximum Gasteiger partial charge on any atom is 0.0841 e. The maximum absolute atomic E-state index is 5.40. The van der Waals surface area contributed by atoms with E-state index in [-0.39, 0.29) is 0 Å². The van der Waals surface area contributed by atoms with Crippen LogP contribution in [0.1, 0.15) is 32.4 Å². The minimum absolute atomic E-state index is 0.784. The van der Waals surface area contributed by atoms with Gasteiger partial charge in [0.1, 0.15) is 0 Å². The first-order valence-corrected chi connectivity index (χ1v) is 7.59. The van der Waals surface area contributed by atoms with E-state index in [1.54, 1.807) is 0 Å². The fraction of sp³-hybridized carbons (Fsp3) is 0.562. The zero-order valence-electron chi connectivity index (χ0n) is 12.6. The zero-order chi connectivity index (χ0) is 14.2. The molecule has 1 aromatic heterocycles. The van der Waals surface area contributed by atoms with Crippen LogP contribution >= 0.6 is 0 Å². The van der Waals surface area contributed by atoms with Gasteiger partial charge in [-0.1, -0.05) is 25.1 Å². The van der Waals surface area contributed by atoms with Crippen LogP contribution in [-0.4, -0.2) is 29.5 Å². The Morgan fingerprint density at radius 1 is 1.25 bits per heavy atom. The summed E-state index contributed by atoms with van der Waals surface area (Å²) >= 11 is 0. The van der Waals surface area contributed by atoms with E-state index in [1.807, 2.05) is 6.92 Å². The number of nitrogens with one attached hydrogen (secondary N) is 1. The Hall–Kier alpha value is -1.39. The van der Waals surface area contributed by atoms with Gasteiger partial charge in [-0.2, -0.15) is 5.10 Å². The second-order valence-electron chi connectivity index (χ2n) is 4.91. The number of benzene rings is 1. The van der Waals surface area contributed by atoms with Gasteiger partial charge in [0.2, 0.25) is 0 Å². The van der Waals surface area contributed by atoms with E-state index >= 15 is 0 Å². The molecule has 0 saturated heterocycles. The quantitative estimate of drug-likeness (QED) is 0.715. The van der Waals surface area contributed by atoms with Gasteiger partial charge < -0.3 is 10.1 Å². The molecule has 0 unspecified atom stereocenters. The van der Waals surface area contributed by atoms with Gasteiger partial charge in [0, 0.05) is 31.7 Å². The Balaban J connectivity index is 2.09. The summed E-state index contributed by atoms with van der Waals surface area (Å²) in [6.07, 6.45) is 2.15. The Morgan fingerprint density at radius 2 is 2.10 bits per heavy atom. The van der Waals surface area contributed by atoms with Crippen molar-refractivity contribution in [3.63, 3.8) is 0 Å². The van der Waals surface area contributed by atoms with Crippen LogP contribution in [0.15, 0.2) is 24.3 Å². The van der Waals surface area contributed by atoms with E-state index in [0.717, 1.165) is 51.4 Å². The summed E-state index contributed by atoms with van der Waals surface area (Å²) < 4.78 is 7.51. The second-order valence-corrected chi connectivity index (χ2v) is 4.91. The van der Waals surface area contributed by atoms with Crippen molar-refractivity contribution in [3.05, 3.63) is 30.0 Å². The number of para-hydroxylation sites is 1. The molecular formula is C16H25N3O. The molecule has 0 atom stereocenters. The van der Waals surface area contributed by atoms with Gasteiger partial charge in [0.25, 0.3) is 0 Å². The zero-order valence-corrected chi connectivity index (χ0v) is 12.6. The molecule has 0 aliphatic carbocycles. The highest BCUT2D eigenvalue weighted by molar-refractivity contribution is 5.81. The summed E-state index contributed by atoms with van der Waals surface area (Å²) in [4.78, 5) is 0. The van der Waals surface area contributed by atoms with Gasteiger partial charge in [0.05, 0.1) is 11.2 Å². The van der Waals surface area contributed by atoms with Crippen LogP contribution in [-0.2, 0) is 17.8 Å². The van der Waals surface area contributed by atoms with Crippen molar-refractivity contribution < 1.29 is 4.74 Å². The number of ether oxygens (including phenoxy) is 1. The van der Waals surface area contributed by atoms with Crippen molar-refractivity contribution in [2.24, 2.45) is 0 Å². The summed E-state index contributed by atoms with van der Waals surface area (Å²) in [5, 5.41) is 9.45. The standard InChI is InChI=1S/C16H25N3O/c1-3-10-17-13-15-14-8-5-6-9-16(14)19(18-15)11-7-12-20-4-2/h5-6,8-9,17H,3-4,7,10-13H2,1-2H3. The van der Waals surface area contributed by atoms with E-state index < -0.39 is 0 Å². The number of rotatable bonds is 9. The average molecular weight is 275 g/mol. The van der Waals surface area contributed by atoms with Crippen LogP contribution in [0.4, 0.5) is 0 Å². The van der Waals surface area contributed by atoms with Crippen molar-refractivity contribution in [1.82, 2.24) is 15.1 Å². The molecular weight excluding hydrogens is 250 g/mol. The summed E-state index contributed by atoms with van der Waals surface area (Å²) in [5.74, 6) is 0. The lowest BCUT2D eigenvalue weighted by Crippen LogP contribution is -2.14. The molecule has 110 valence electrons. The van der Waals surface area contributed by atoms with Gasteiger partial charge >= 0.3 is 0 Å². The number of nitrogens with zero attached hydrogens (tertiary/aromatic N) is 2. The Bertz CT molecular complexity index is 521. The fourth-order valence-corrected chi connectivity index (χ4v) is 2.34. The first-order chi connectivity index (χ1) is 9.86. The first-order valence-electron chi connectivity index (χ1n) is 7.59. The summed E-state index contributed by atoms with van der Waals surface area (Å²) in [7, 11) is 0. The molecule has 4 heteroatoms. The largest absolute Gasteiger partial charge is 0.382 e. The van der Waals surface area contributed by atoms with Crippen LogP contribution in [0, 0.1) is 0 Å². The minimum atomic E-state index is 0.784. The third-order valence-electron chi connectivity index (χ3n) is 3.32. The van der Waals surface area contributed by atoms with E-state index in [0.29, 0.717) is 0 Å². The van der Waals surface area contributed by atoms with Gasteiger partial charge in [0.15, 0.2) is 0 Å². The molecule has 0 aliphatic heterocycles. The van der Waals surface area contributed by atoms with Gasteiger partial charge in [-0.25, -0.2) is 0 Å². The number of fused-ring (bicyclic) bond motifs is 1. The molecule has 4 nitrogen and oxygen atoms in total. The van der Waals surface area contributed by atoms with Crippen LogP contribution < -0.4 is 5.32 Å². The minimum Gasteiger partial charge on any atom is -0.382 e. The molecule has 0 fully saturated rings. The van der Waals surface area contributed by atoms with Crippen molar-refractivity contribution in [2.75, 3.05) is 19.8 Å². The second kappa shape index (κ2) is 8.02. The maximum atomic E-state index is 5.40. The molecule has 1 heterocycles. The molecule has 2 rings (SSSR count). The highest BCUT2D eigenvalue weighted by atomic mass is 16.5. The van der Waals surface area contributed by atoms with Gasteiger partial charge in [-0.3, -0.25) is 4.68 Å². The fourth-order valence-electron chi connectivity index (χ4n) is 2.34. The summed E-state index contributed by atoms with van der Waals surface area (Å²) in [5.41, 5.74) is 2.36. The monoisotopic (exact) mass is 275 g/mol. The highest BCUT2D eigenvalue weighted by Gasteiger charge is 2.09. The first kappa shape index (κ1) is 15.0. The lowest BCUT2D eigenvalue weighted by molar-refractivity contribution is 0.141. The number of aryl methyl sites for hydroxylation is 1. The van der Waals surface area contributed by atoms with Crippen LogP contribution in [0.2, 0.25) is 0 Å². The van der Waals surface area contributed by atoms with E-state index in [9.17, 15) is 0 Å². The van der Waals surface area contributed by atoms with Crippen molar-refractivity contribution in [2.45, 2.75) is 39.8 Å².